The van der Waals surface area contributed by atoms with Crippen molar-refractivity contribution in [2.75, 3.05) is 13.7 Å². The van der Waals surface area contributed by atoms with E-state index in [0.29, 0.717) is 10.8 Å². The summed E-state index contributed by atoms with van der Waals surface area (Å²) in [6.07, 6.45) is -0.600. The van der Waals surface area contributed by atoms with Crippen LogP contribution in [0.3, 0.4) is 0 Å². The first-order valence-corrected chi connectivity index (χ1v) is 5.22. The fourth-order valence-corrected chi connectivity index (χ4v) is 1.48. The van der Waals surface area contributed by atoms with E-state index in [4.69, 9.17) is 21.4 Å². The molecular weight excluding hydrogens is 230 g/mol. The zero-order chi connectivity index (χ0) is 12.1. The van der Waals surface area contributed by atoms with Crippen molar-refractivity contribution in [1.82, 2.24) is 5.32 Å². The molecule has 0 fully saturated rings. The summed E-state index contributed by atoms with van der Waals surface area (Å²) < 4.78 is 5.05. The minimum atomic E-state index is -0.600. The van der Waals surface area contributed by atoms with Crippen LogP contribution < -0.4 is 10.1 Å². The summed E-state index contributed by atoms with van der Waals surface area (Å²) in [4.78, 5) is 11.8. The highest BCUT2D eigenvalue weighted by Crippen LogP contribution is 2.25. The molecule has 0 radical (unpaired) electrons. The van der Waals surface area contributed by atoms with Crippen molar-refractivity contribution in [3.63, 3.8) is 0 Å². The maximum absolute atomic E-state index is 11.8. The number of halogens is 1. The predicted molar refractivity (Wildman–Crippen MR) is 62.0 cm³/mol. The molecule has 0 heterocycles. The maximum Gasteiger partial charge on any atom is 0.256 e. The van der Waals surface area contributed by atoms with E-state index in [1.807, 2.05) is 0 Å². The molecule has 0 aliphatic carbocycles. The van der Waals surface area contributed by atoms with Crippen molar-refractivity contribution in [3.8, 4) is 5.75 Å². The first kappa shape index (κ1) is 12.8. The molecule has 1 atom stereocenters. The summed E-state index contributed by atoms with van der Waals surface area (Å²) in [5.74, 6) is 0.0546. The molecule has 1 rings (SSSR count). The summed E-state index contributed by atoms with van der Waals surface area (Å²) in [5.41, 5.74) is 0.285. The molecule has 1 unspecified atom stereocenters. The number of nitrogens with one attached hydrogen (secondary N) is 1. The van der Waals surface area contributed by atoms with Crippen molar-refractivity contribution in [1.29, 1.82) is 0 Å². The lowest BCUT2D eigenvalue weighted by Crippen LogP contribution is -2.31. The zero-order valence-corrected chi connectivity index (χ0v) is 9.91. The van der Waals surface area contributed by atoms with Crippen LogP contribution in [0.15, 0.2) is 18.2 Å². The largest absolute Gasteiger partial charge is 0.496 e. The Balaban J connectivity index is 2.89. The van der Waals surface area contributed by atoms with E-state index in [-0.39, 0.29) is 18.0 Å². The second-order valence-corrected chi connectivity index (χ2v) is 3.78. The topological polar surface area (TPSA) is 58.6 Å². The number of methoxy groups -OCH3 is 1. The van der Waals surface area contributed by atoms with Crippen LogP contribution in [0.2, 0.25) is 5.02 Å². The van der Waals surface area contributed by atoms with Gasteiger partial charge in [0.25, 0.3) is 5.91 Å². The highest BCUT2D eigenvalue weighted by atomic mass is 35.5. The van der Waals surface area contributed by atoms with Gasteiger partial charge in [0, 0.05) is 6.54 Å². The Bertz CT molecular complexity index is 379. The lowest BCUT2D eigenvalue weighted by molar-refractivity contribution is 0.0921. The van der Waals surface area contributed by atoms with Crippen LogP contribution in [-0.4, -0.2) is 30.8 Å². The monoisotopic (exact) mass is 243 g/mol. The van der Waals surface area contributed by atoms with E-state index in [2.05, 4.69) is 5.32 Å². The van der Waals surface area contributed by atoms with Crippen LogP contribution in [0, 0.1) is 0 Å². The molecule has 0 aliphatic rings. The highest BCUT2D eigenvalue weighted by molar-refractivity contribution is 6.34. The van der Waals surface area contributed by atoms with Gasteiger partial charge in [-0.15, -0.1) is 0 Å². The number of rotatable bonds is 4. The third kappa shape index (κ3) is 3.12. The van der Waals surface area contributed by atoms with Crippen molar-refractivity contribution in [2.24, 2.45) is 0 Å². The number of hydrogen-bond donors (Lipinski definition) is 2. The molecule has 1 aromatic carbocycles. The summed E-state index contributed by atoms with van der Waals surface area (Å²) in [6.45, 7) is 1.76. The molecule has 1 aromatic rings. The second kappa shape index (κ2) is 5.72. The fraction of sp³-hybridized carbons (Fsp3) is 0.364. The number of aliphatic hydroxyl groups is 1. The second-order valence-electron chi connectivity index (χ2n) is 3.38. The van der Waals surface area contributed by atoms with Crippen LogP contribution in [0.1, 0.15) is 17.3 Å². The summed E-state index contributed by atoms with van der Waals surface area (Å²) in [6, 6.07) is 4.97. The van der Waals surface area contributed by atoms with Crippen LogP contribution in [0.25, 0.3) is 0 Å². The van der Waals surface area contributed by atoms with Gasteiger partial charge in [0.15, 0.2) is 0 Å². The summed E-state index contributed by atoms with van der Waals surface area (Å²) >= 11 is 5.92. The van der Waals surface area contributed by atoms with E-state index in [1.165, 1.54) is 7.11 Å². The number of benzene rings is 1. The van der Waals surface area contributed by atoms with Gasteiger partial charge in [0.2, 0.25) is 0 Å². The third-order valence-corrected chi connectivity index (χ3v) is 2.30. The SMILES string of the molecule is COc1cccc(Cl)c1C(=O)NCC(C)O. The molecule has 88 valence electrons. The fourth-order valence-electron chi connectivity index (χ4n) is 1.22. The molecule has 0 saturated carbocycles. The van der Waals surface area contributed by atoms with Crippen molar-refractivity contribution >= 4 is 17.5 Å². The Kier molecular flexibility index (Phi) is 4.58. The van der Waals surface area contributed by atoms with Gasteiger partial charge in [0.1, 0.15) is 5.75 Å². The molecule has 0 spiro atoms. The van der Waals surface area contributed by atoms with Gasteiger partial charge in [-0.3, -0.25) is 4.79 Å². The zero-order valence-electron chi connectivity index (χ0n) is 9.16. The quantitative estimate of drug-likeness (QED) is 0.842. The molecule has 2 N–H and O–H groups in total. The number of ether oxygens (including phenoxy) is 1. The minimum Gasteiger partial charge on any atom is -0.496 e. The molecule has 0 aromatic heterocycles. The van der Waals surface area contributed by atoms with E-state index < -0.39 is 6.10 Å². The average molecular weight is 244 g/mol. The number of carbonyl (C=O) groups excluding carboxylic acids is 1. The lowest BCUT2D eigenvalue weighted by atomic mass is 10.2. The molecule has 0 aliphatic heterocycles. The number of amides is 1. The Morgan fingerprint density at radius 3 is 2.88 bits per heavy atom. The molecule has 4 nitrogen and oxygen atoms in total. The van der Waals surface area contributed by atoms with Crippen LogP contribution in [0.5, 0.6) is 5.75 Å². The summed E-state index contributed by atoms with van der Waals surface area (Å²) in [7, 11) is 1.47. The number of hydrogen-bond acceptors (Lipinski definition) is 3. The van der Waals surface area contributed by atoms with Gasteiger partial charge in [0.05, 0.1) is 23.8 Å². The van der Waals surface area contributed by atoms with Crippen molar-refractivity contribution in [2.45, 2.75) is 13.0 Å². The molecule has 16 heavy (non-hydrogen) atoms. The van der Waals surface area contributed by atoms with Crippen molar-refractivity contribution in [3.05, 3.63) is 28.8 Å². The van der Waals surface area contributed by atoms with E-state index in [1.54, 1.807) is 25.1 Å². The Labute approximate surface area is 99.2 Å². The standard InChI is InChI=1S/C11H14ClNO3/c1-7(14)6-13-11(15)10-8(12)4-3-5-9(10)16-2/h3-5,7,14H,6H2,1-2H3,(H,13,15). The molecule has 0 saturated heterocycles. The van der Waals surface area contributed by atoms with Gasteiger partial charge in [-0.1, -0.05) is 17.7 Å². The average Bonchev–Trinajstić information content (AvgIpc) is 2.25. The number of aliphatic hydroxyl groups excluding tert-OH is 1. The summed E-state index contributed by atoms with van der Waals surface area (Å²) in [5, 5.41) is 11.9. The normalized spacial score (nSPS) is 12.0. The minimum absolute atomic E-state index is 0.174. The van der Waals surface area contributed by atoms with E-state index in [9.17, 15) is 4.79 Å². The van der Waals surface area contributed by atoms with Gasteiger partial charge in [-0.25, -0.2) is 0 Å². The molecule has 1 amide bonds. The van der Waals surface area contributed by atoms with E-state index >= 15 is 0 Å². The van der Waals surface area contributed by atoms with Crippen LogP contribution >= 0.6 is 11.6 Å². The first-order chi connectivity index (χ1) is 7.56. The highest BCUT2D eigenvalue weighted by Gasteiger charge is 2.16. The molecule has 5 heteroatoms. The van der Waals surface area contributed by atoms with Crippen LogP contribution in [-0.2, 0) is 0 Å². The smallest absolute Gasteiger partial charge is 0.256 e. The maximum atomic E-state index is 11.8. The Morgan fingerprint density at radius 2 is 2.31 bits per heavy atom. The Hall–Kier alpha value is -1.26. The molecule has 0 bridgehead atoms. The first-order valence-electron chi connectivity index (χ1n) is 4.85. The van der Waals surface area contributed by atoms with Crippen molar-refractivity contribution < 1.29 is 14.6 Å². The third-order valence-electron chi connectivity index (χ3n) is 1.98. The van der Waals surface area contributed by atoms with E-state index in [0.717, 1.165) is 0 Å². The predicted octanol–water partition coefficient (Wildman–Crippen LogP) is 1.46. The lowest BCUT2D eigenvalue weighted by Gasteiger charge is -2.11. The van der Waals surface area contributed by atoms with Gasteiger partial charge in [-0.05, 0) is 19.1 Å². The number of carbonyl (C=O) groups is 1. The Morgan fingerprint density at radius 1 is 1.62 bits per heavy atom. The van der Waals surface area contributed by atoms with Gasteiger partial charge in [-0.2, -0.15) is 0 Å². The molecular formula is C11H14ClNO3. The van der Waals surface area contributed by atoms with Crippen LogP contribution in [0.4, 0.5) is 0 Å². The van der Waals surface area contributed by atoms with Gasteiger partial charge < -0.3 is 15.2 Å². The van der Waals surface area contributed by atoms with Gasteiger partial charge >= 0.3 is 0 Å².